The molecule has 4 nitrogen and oxygen atoms in total. The topological polar surface area (TPSA) is 41.9 Å². The number of methoxy groups -OCH3 is 1. The fraction of sp³-hybridized carbons (Fsp3) is 0.130. The van der Waals surface area contributed by atoms with Crippen LogP contribution in [0.4, 0.5) is 5.69 Å². The van der Waals surface area contributed by atoms with Gasteiger partial charge in [-0.15, -0.1) is 0 Å². The molecule has 0 amide bonds. The van der Waals surface area contributed by atoms with E-state index in [0.717, 1.165) is 26.9 Å². The maximum atomic E-state index is 12.3. The molecule has 0 aliphatic carbocycles. The first-order valence-corrected chi connectivity index (χ1v) is 10.3. The van der Waals surface area contributed by atoms with Gasteiger partial charge in [0.25, 0.3) is 0 Å². The Morgan fingerprint density at radius 1 is 1.10 bits per heavy atom. The van der Waals surface area contributed by atoms with Gasteiger partial charge < -0.3 is 9.64 Å². The lowest BCUT2D eigenvalue weighted by Crippen LogP contribution is -2.42. The summed E-state index contributed by atoms with van der Waals surface area (Å²) >= 11 is 9.82. The quantitative estimate of drug-likeness (QED) is 0.456. The van der Waals surface area contributed by atoms with Gasteiger partial charge in [-0.05, 0) is 35.9 Å². The average molecular weight is 470 g/mol. The Morgan fingerprint density at radius 2 is 1.90 bits per heavy atom. The molecule has 29 heavy (non-hydrogen) atoms. The number of aliphatic imine (C=N–C) groups is 1. The van der Waals surface area contributed by atoms with E-state index in [1.54, 1.807) is 0 Å². The molecule has 0 N–H and O–H groups in total. The molecule has 3 aromatic rings. The molecule has 0 spiro atoms. The van der Waals surface area contributed by atoms with Crippen molar-refractivity contribution >= 4 is 45.0 Å². The molecular weight excluding hydrogens is 452 g/mol. The molecule has 146 valence electrons. The van der Waals surface area contributed by atoms with Gasteiger partial charge in [-0.1, -0.05) is 70.0 Å². The molecule has 1 aliphatic rings. The van der Waals surface area contributed by atoms with Gasteiger partial charge in [-0.3, -0.25) is 4.79 Å². The van der Waals surface area contributed by atoms with E-state index < -0.39 is 0 Å². The van der Waals surface area contributed by atoms with E-state index in [9.17, 15) is 4.79 Å². The number of nitrogens with zero attached hydrogens (tertiary/aromatic N) is 2. The lowest BCUT2D eigenvalue weighted by molar-refractivity contribution is -0.141. The van der Waals surface area contributed by atoms with Crippen LogP contribution >= 0.6 is 27.5 Å². The third kappa shape index (κ3) is 4.07. The third-order valence-corrected chi connectivity index (χ3v) is 5.55. The monoisotopic (exact) mass is 468 g/mol. The number of halogens is 2. The van der Waals surface area contributed by atoms with Crippen molar-refractivity contribution in [3.8, 4) is 0 Å². The molecular formula is C23H18BrClN2O2. The Kier molecular flexibility index (Phi) is 5.69. The number of esters is 1. The van der Waals surface area contributed by atoms with Gasteiger partial charge in [-0.25, -0.2) is 4.99 Å². The van der Waals surface area contributed by atoms with Crippen molar-refractivity contribution in [1.82, 2.24) is 4.90 Å². The standard InChI is InChI=1S/C23H18BrClN2O2/c1-29-21(28)14-27-22(15-6-3-2-4-7-15)19-13-17(24)10-11-20(19)26-23(27)16-8-5-9-18(25)12-16/h2-13,22H,14H2,1H3/t22-/m0/s1. The maximum Gasteiger partial charge on any atom is 0.325 e. The number of hydrogen-bond donors (Lipinski definition) is 0. The van der Waals surface area contributed by atoms with Crippen molar-refractivity contribution in [2.45, 2.75) is 6.04 Å². The number of carbonyl (C=O) groups is 1. The lowest BCUT2D eigenvalue weighted by Gasteiger charge is -2.38. The molecule has 3 aromatic carbocycles. The van der Waals surface area contributed by atoms with Gasteiger partial charge >= 0.3 is 5.97 Å². The summed E-state index contributed by atoms with van der Waals surface area (Å²) in [5, 5.41) is 0.612. The van der Waals surface area contributed by atoms with E-state index in [1.807, 2.05) is 59.5 Å². The highest BCUT2D eigenvalue weighted by Gasteiger charge is 2.33. The Hall–Kier alpha value is -2.63. The highest BCUT2D eigenvalue weighted by atomic mass is 79.9. The van der Waals surface area contributed by atoms with E-state index in [1.165, 1.54) is 7.11 Å². The van der Waals surface area contributed by atoms with Crippen molar-refractivity contribution in [2.24, 2.45) is 4.99 Å². The number of ether oxygens (including phenoxy) is 1. The second-order valence-electron chi connectivity index (χ2n) is 6.67. The van der Waals surface area contributed by atoms with E-state index in [2.05, 4.69) is 34.1 Å². The molecule has 0 aromatic heterocycles. The van der Waals surface area contributed by atoms with Crippen LogP contribution in [0.3, 0.4) is 0 Å². The minimum absolute atomic E-state index is 0.0629. The molecule has 1 aliphatic heterocycles. The van der Waals surface area contributed by atoms with Crippen LogP contribution in [-0.2, 0) is 9.53 Å². The molecule has 4 rings (SSSR count). The zero-order valence-electron chi connectivity index (χ0n) is 15.7. The van der Waals surface area contributed by atoms with Crippen LogP contribution in [0.25, 0.3) is 0 Å². The summed E-state index contributed by atoms with van der Waals surface area (Å²) < 4.78 is 5.94. The summed E-state index contributed by atoms with van der Waals surface area (Å²) in [5.41, 5.74) is 3.78. The maximum absolute atomic E-state index is 12.3. The van der Waals surface area contributed by atoms with E-state index in [-0.39, 0.29) is 18.6 Å². The van der Waals surface area contributed by atoms with Crippen molar-refractivity contribution in [2.75, 3.05) is 13.7 Å². The van der Waals surface area contributed by atoms with Crippen LogP contribution in [0.1, 0.15) is 22.7 Å². The predicted molar refractivity (Wildman–Crippen MR) is 119 cm³/mol. The molecule has 0 saturated heterocycles. The molecule has 6 heteroatoms. The predicted octanol–water partition coefficient (Wildman–Crippen LogP) is 5.76. The van der Waals surface area contributed by atoms with E-state index in [0.29, 0.717) is 10.9 Å². The van der Waals surface area contributed by atoms with E-state index >= 15 is 0 Å². The Bertz CT molecular complexity index is 1090. The summed E-state index contributed by atoms with van der Waals surface area (Å²) in [7, 11) is 1.39. The van der Waals surface area contributed by atoms with Crippen molar-refractivity contribution in [3.63, 3.8) is 0 Å². The fourth-order valence-corrected chi connectivity index (χ4v) is 4.11. The second kappa shape index (κ2) is 8.39. The van der Waals surface area contributed by atoms with Crippen molar-refractivity contribution in [1.29, 1.82) is 0 Å². The summed E-state index contributed by atoms with van der Waals surface area (Å²) in [5.74, 6) is 0.348. The average Bonchev–Trinajstić information content (AvgIpc) is 2.73. The van der Waals surface area contributed by atoms with Gasteiger partial charge in [0.1, 0.15) is 12.4 Å². The number of carbonyl (C=O) groups excluding carboxylic acids is 1. The minimum atomic E-state index is -0.334. The van der Waals surface area contributed by atoms with Crippen LogP contribution < -0.4 is 0 Å². The Balaban J connectivity index is 1.95. The minimum Gasteiger partial charge on any atom is -0.468 e. The van der Waals surface area contributed by atoms with Crippen LogP contribution in [-0.4, -0.2) is 30.4 Å². The zero-order chi connectivity index (χ0) is 20.4. The third-order valence-electron chi connectivity index (χ3n) is 4.82. The lowest BCUT2D eigenvalue weighted by atomic mass is 9.93. The first kappa shape index (κ1) is 19.7. The summed E-state index contributed by atoms with van der Waals surface area (Å²) in [4.78, 5) is 19.2. The highest BCUT2D eigenvalue weighted by molar-refractivity contribution is 9.10. The summed E-state index contributed by atoms with van der Waals surface area (Å²) in [6.45, 7) is 0.0629. The van der Waals surface area contributed by atoms with Crippen molar-refractivity contribution < 1.29 is 9.53 Å². The molecule has 0 bridgehead atoms. The van der Waals surface area contributed by atoms with Gasteiger partial charge in [0.2, 0.25) is 0 Å². The molecule has 1 atom stereocenters. The Labute approximate surface area is 182 Å². The number of fused-ring (bicyclic) bond motifs is 1. The van der Waals surface area contributed by atoms with Crippen LogP contribution in [0.2, 0.25) is 5.02 Å². The first-order valence-electron chi connectivity index (χ1n) is 9.09. The molecule has 0 saturated carbocycles. The fourth-order valence-electron chi connectivity index (χ4n) is 3.54. The summed E-state index contributed by atoms with van der Waals surface area (Å²) in [6.07, 6.45) is 0. The van der Waals surface area contributed by atoms with Crippen molar-refractivity contribution in [3.05, 3.63) is 99.0 Å². The summed E-state index contributed by atoms with van der Waals surface area (Å²) in [6, 6.07) is 23.4. The SMILES string of the molecule is COC(=O)CN1C(c2cccc(Cl)c2)=Nc2ccc(Br)cc2[C@@H]1c1ccccc1. The van der Waals surface area contributed by atoms with Gasteiger partial charge in [0.15, 0.2) is 0 Å². The highest BCUT2D eigenvalue weighted by Crippen LogP contribution is 2.41. The zero-order valence-corrected chi connectivity index (χ0v) is 18.0. The van der Waals surface area contributed by atoms with Gasteiger partial charge in [0.05, 0.1) is 18.8 Å². The normalized spacial score (nSPS) is 15.5. The van der Waals surface area contributed by atoms with E-state index in [4.69, 9.17) is 21.3 Å². The first-order chi connectivity index (χ1) is 14.1. The molecule has 0 fully saturated rings. The van der Waals surface area contributed by atoms with Crippen LogP contribution in [0.5, 0.6) is 0 Å². The number of amidine groups is 1. The molecule has 0 radical (unpaired) electrons. The largest absolute Gasteiger partial charge is 0.468 e. The Morgan fingerprint density at radius 3 is 2.62 bits per heavy atom. The van der Waals surface area contributed by atoms with Crippen LogP contribution in [0.15, 0.2) is 82.3 Å². The molecule has 0 unspecified atom stereocenters. The molecule has 1 heterocycles. The van der Waals surface area contributed by atoms with Gasteiger partial charge in [0, 0.05) is 20.6 Å². The number of benzene rings is 3. The smallest absolute Gasteiger partial charge is 0.325 e. The number of rotatable bonds is 4. The number of hydrogen-bond acceptors (Lipinski definition) is 4. The van der Waals surface area contributed by atoms with Gasteiger partial charge in [-0.2, -0.15) is 0 Å². The van der Waals surface area contributed by atoms with Crippen LogP contribution in [0, 0.1) is 0 Å². The second-order valence-corrected chi connectivity index (χ2v) is 8.02.